The van der Waals surface area contributed by atoms with Crippen molar-refractivity contribution in [3.63, 3.8) is 0 Å². The molecule has 0 saturated heterocycles. The van der Waals surface area contributed by atoms with Crippen molar-refractivity contribution >= 4 is 17.8 Å². The Labute approximate surface area is 211 Å². The van der Waals surface area contributed by atoms with Crippen molar-refractivity contribution in [2.24, 2.45) is 11.3 Å². The number of aromatic nitrogens is 1. The van der Waals surface area contributed by atoms with E-state index in [4.69, 9.17) is 13.9 Å². The lowest BCUT2D eigenvalue weighted by molar-refractivity contribution is -0.152. The summed E-state index contributed by atoms with van der Waals surface area (Å²) in [6.07, 6.45) is 5.77. The number of ether oxygens (including phenoxy) is 2. The second-order valence-corrected chi connectivity index (χ2v) is 9.39. The normalized spacial score (nSPS) is 16.3. The number of carboxylic acid groups (broad SMARTS) is 1. The highest BCUT2D eigenvalue weighted by Crippen LogP contribution is 2.44. The number of esters is 1. The van der Waals surface area contributed by atoms with Gasteiger partial charge in [0, 0.05) is 19.3 Å². The Morgan fingerprint density at radius 1 is 1.17 bits per heavy atom. The molecule has 9 nitrogen and oxygen atoms in total. The second kappa shape index (κ2) is 13.2. The highest BCUT2D eigenvalue weighted by Gasteiger charge is 2.45. The Bertz CT molecular complexity index is 999. The van der Waals surface area contributed by atoms with Crippen LogP contribution in [-0.2, 0) is 30.3 Å². The van der Waals surface area contributed by atoms with Gasteiger partial charge in [-0.1, -0.05) is 50.1 Å². The van der Waals surface area contributed by atoms with Crippen molar-refractivity contribution in [2.75, 3.05) is 20.3 Å². The van der Waals surface area contributed by atoms with Gasteiger partial charge < -0.3 is 24.3 Å². The zero-order chi connectivity index (χ0) is 26.0. The minimum atomic E-state index is -1.21. The molecule has 1 saturated carbocycles. The summed E-state index contributed by atoms with van der Waals surface area (Å²) in [4.78, 5) is 42.5. The van der Waals surface area contributed by atoms with Crippen LogP contribution in [-0.4, -0.2) is 54.3 Å². The predicted molar refractivity (Wildman–Crippen MR) is 132 cm³/mol. The quantitative estimate of drug-likeness (QED) is 0.373. The smallest absolute Gasteiger partial charge is 0.326 e. The minimum absolute atomic E-state index is 0.0877. The zero-order valence-corrected chi connectivity index (χ0v) is 21.0. The van der Waals surface area contributed by atoms with Gasteiger partial charge in [0.2, 0.25) is 5.91 Å². The van der Waals surface area contributed by atoms with Crippen molar-refractivity contribution in [3.05, 3.63) is 42.4 Å². The molecule has 1 amide bonds. The summed E-state index contributed by atoms with van der Waals surface area (Å²) in [5.41, 5.74) is -0.00233. The van der Waals surface area contributed by atoms with Gasteiger partial charge in [-0.25, -0.2) is 9.78 Å². The summed E-state index contributed by atoms with van der Waals surface area (Å²) in [7, 11) is 1.57. The number of nitrogens with zero attached hydrogens (tertiary/aromatic N) is 1. The average molecular weight is 501 g/mol. The summed E-state index contributed by atoms with van der Waals surface area (Å²) in [6.45, 7) is 2.62. The van der Waals surface area contributed by atoms with Crippen molar-refractivity contribution in [1.82, 2.24) is 10.3 Å². The van der Waals surface area contributed by atoms with Crippen LogP contribution in [0.2, 0.25) is 0 Å². The van der Waals surface area contributed by atoms with Gasteiger partial charge >= 0.3 is 11.9 Å². The number of nitrogens with one attached hydrogen (secondary N) is 1. The number of carbonyl (C=O) groups is 3. The van der Waals surface area contributed by atoms with E-state index in [1.54, 1.807) is 13.3 Å². The number of hydrogen-bond donors (Lipinski definition) is 2. The lowest BCUT2D eigenvalue weighted by Gasteiger charge is -2.32. The van der Waals surface area contributed by atoms with Crippen molar-refractivity contribution in [3.8, 4) is 11.3 Å². The molecule has 0 aliphatic heterocycles. The van der Waals surface area contributed by atoms with Crippen LogP contribution < -0.4 is 5.32 Å². The molecule has 9 heteroatoms. The van der Waals surface area contributed by atoms with Crippen molar-refractivity contribution in [1.29, 1.82) is 0 Å². The van der Waals surface area contributed by atoms with Gasteiger partial charge in [0.1, 0.15) is 6.04 Å². The van der Waals surface area contributed by atoms with E-state index >= 15 is 0 Å². The summed E-state index contributed by atoms with van der Waals surface area (Å²) in [5.74, 6) is -1.61. The molecule has 0 radical (unpaired) electrons. The third-order valence-corrected chi connectivity index (χ3v) is 6.73. The number of aliphatic carboxylic acids is 1. The Balaban J connectivity index is 1.72. The highest BCUT2D eigenvalue weighted by molar-refractivity contribution is 5.88. The third-order valence-electron chi connectivity index (χ3n) is 6.73. The van der Waals surface area contributed by atoms with Crippen molar-refractivity contribution < 1.29 is 33.4 Å². The Hall–Kier alpha value is -3.20. The number of methoxy groups -OCH3 is 1. The first-order valence-electron chi connectivity index (χ1n) is 12.6. The summed E-state index contributed by atoms with van der Waals surface area (Å²) in [6, 6.07) is 8.17. The molecule has 1 aliphatic rings. The van der Waals surface area contributed by atoms with Crippen LogP contribution >= 0.6 is 0 Å². The topological polar surface area (TPSA) is 128 Å². The summed E-state index contributed by atoms with van der Waals surface area (Å²) >= 11 is 0. The van der Waals surface area contributed by atoms with E-state index in [1.165, 1.54) is 0 Å². The lowest BCUT2D eigenvalue weighted by Crippen LogP contribution is -2.49. The monoisotopic (exact) mass is 500 g/mol. The van der Waals surface area contributed by atoms with E-state index in [0.29, 0.717) is 51.1 Å². The molecule has 196 valence electrons. The van der Waals surface area contributed by atoms with E-state index in [0.717, 1.165) is 18.4 Å². The molecule has 1 heterocycles. The number of carboxylic acids is 1. The third kappa shape index (κ3) is 7.16. The predicted octanol–water partition coefficient (Wildman–Crippen LogP) is 4.01. The maximum absolute atomic E-state index is 13.5. The van der Waals surface area contributed by atoms with E-state index < -0.39 is 23.3 Å². The fourth-order valence-corrected chi connectivity index (χ4v) is 4.76. The van der Waals surface area contributed by atoms with E-state index in [1.807, 2.05) is 37.3 Å². The molecule has 2 N–H and O–H groups in total. The zero-order valence-electron chi connectivity index (χ0n) is 21.0. The summed E-state index contributed by atoms with van der Waals surface area (Å²) < 4.78 is 16.3. The van der Waals surface area contributed by atoms with Gasteiger partial charge in [-0.15, -0.1) is 0 Å². The van der Waals surface area contributed by atoms with E-state index in [-0.39, 0.29) is 24.2 Å². The van der Waals surface area contributed by atoms with Crippen LogP contribution in [0.5, 0.6) is 0 Å². The van der Waals surface area contributed by atoms with Gasteiger partial charge in [-0.3, -0.25) is 9.59 Å². The van der Waals surface area contributed by atoms with Crippen LogP contribution in [0.25, 0.3) is 11.3 Å². The molecule has 0 spiro atoms. The van der Waals surface area contributed by atoms with Crippen LogP contribution in [0.4, 0.5) is 0 Å². The number of oxazole rings is 1. The van der Waals surface area contributed by atoms with Gasteiger partial charge in [0.05, 0.1) is 30.6 Å². The highest BCUT2D eigenvalue weighted by atomic mass is 16.5. The van der Waals surface area contributed by atoms with Crippen LogP contribution in [0.3, 0.4) is 0 Å². The Kier molecular flexibility index (Phi) is 10.0. The van der Waals surface area contributed by atoms with Gasteiger partial charge in [-0.05, 0) is 32.1 Å². The molecule has 1 aromatic carbocycles. The van der Waals surface area contributed by atoms with Gasteiger partial charge in [-0.2, -0.15) is 0 Å². The molecule has 1 aromatic heterocycles. The molecule has 0 unspecified atom stereocenters. The van der Waals surface area contributed by atoms with Gasteiger partial charge in [0.25, 0.3) is 0 Å². The number of carbonyl (C=O) groups excluding carboxylic acids is 2. The molecule has 0 bridgehead atoms. The molecule has 1 fully saturated rings. The molecular weight excluding hydrogens is 464 g/mol. The Morgan fingerprint density at radius 3 is 2.53 bits per heavy atom. The van der Waals surface area contributed by atoms with Gasteiger partial charge in [0.15, 0.2) is 11.7 Å². The SMILES string of the molecule is CCCOC(=O)[C@H](CCOC)CC1(C(=O)N[C@@H](Cc2ncc(-c3ccccc3)o2)C(=O)O)CCCC1. The van der Waals surface area contributed by atoms with Crippen LogP contribution in [0.15, 0.2) is 40.9 Å². The fraction of sp³-hybridized carbons (Fsp3) is 0.556. The molecule has 2 aromatic rings. The fourth-order valence-electron chi connectivity index (χ4n) is 4.76. The van der Waals surface area contributed by atoms with E-state index in [9.17, 15) is 19.5 Å². The van der Waals surface area contributed by atoms with Crippen LogP contribution in [0.1, 0.15) is 57.8 Å². The number of hydrogen-bond acceptors (Lipinski definition) is 7. The minimum Gasteiger partial charge on any atom is -0.480 e. The molecule has 1 aliphatic carbocycles. The first kappa shape index (κ1) is 27.4. The standard InChI is InChI=1S/C27H36N2O7/c1-3-14-35-25(32)20(11-15-34-2)17-27(12-7-8-13-27)26(33)29-21(24(30)31)16-23-28-18-22(36-23)19-9-5-4-6-10-19/h4-6,9-10,18,20-21H,3,7-8,11-17H2,1-2H3,(H,29,33)(H,30,31)/t20-,21+/m1/s1. The molecule has 36 heavy (non-hydrogen) atoms. The number of amides is 1. The van der Waals surface area contributed by atoms with Crippen molar-refractivity contribution in [2.45, 2.75) is 64.3 Å². The number of rotatable bonds is 14. The lowest BCUT2D eigenvalue weighted by atomic mass is 9.75. The largest absolute Gasteiger partial charge is 0.480 e. The molecule has 3 rings (SSSR count). The second-order valence-electron chi connectivity index (χ2n) is 9.39. The number of benzene rings is 1. The summed E-state index contributed by atoms with van der Waals surface area (Å²) in [5, 5.41) is 12.6. The van der Waals surface area contributed by atoms with E-state index in [2.05, 4.69) is 10.3 Å². The first-order chi connectivity index (χ1) is 17.4. The molecule has 2 atom stereocenters. The maximum atomic E-state index is 13.5. The Morgan fingerprint density at radius 2 is 1.89 bits per heavy atom. The average Bonchev–Trinajstić information content (AvgIpc) is 3.55. The maximum Gasteiger partial charge on any atom is 0.326 e. The first-order valence-corrected chi connectivity index (χ1v) is 12.6. The van der Waals surface area contributed by atoms with Crippen LogP contribution in [0, 0.1) is 11.3 Å². The molecular formula is C27H36N2O7.